The Kier molecular flexibility index (Phi) is 3.04. The fraction of sp³-hybridized carbons (Fsp3) is 0.308. The number of carboxylic acid groups (broad SMARTS) is 1. The van der Waals surface area contributed by atoms with Gasteiger partial charge in [-0.05, 0) is 31.1 Å². The number of aryl methyl sites for hydroxylation is 2. The van der Waals surface area contributed by atoms with E-state index in [4.69, 9.17) is 9.84 Å². The highest BCUT2D eigenvalue weighted by atomic mass is 19.4. The van der Waals surface area contributed by atoms with Crippen molar-refractivity contribution in [1.29, 1.82) is 0 Å². The van der Waals surface area contributed by atoms with E-state index in [1.54, 1.807) is 26.0 Å². The van der Waals surface area contributed by atoms with Crippen molar-refractivity contribution >= 4 is 12.0 Å². The molecule has 6 heteroatoms. The normalized spacial score (nSPS) is 18.4. The Morgan fingerprint density at radius 3 is 2.37 bits per heavy atom. The Morgan fingerprint density at radius 1 is 1.26 bits per heavy atom. The number of rotatable bonds is 1. The minimum atomic E-state index is -4.77. The summed E-state index contributed by atoms with van der Waals surface area (Å²) in [5, 5.41) is 8.91. The van der Waals surface area contributed by atoms with Gasteiger partial charge in [0.25, 0.3) is 0 Å². The summed E-state index contributed by atoms with van der Waals surface area (Å²) < 4.78 is 43.5. The summed E-state index contributed by atoms with van der Waals surface area (Å²) in [6, 6.07) is 3.35. The number of aliphatic carboxylic acids is 1. The van der Waals surface area contributed by atoms with Gasteiger partial charge in [0.15, 0.2) is 0 Å². The molecule has 1 aliphatic heterocycles. The van der Waals surface area contributed by atoms with Crippen LogP contribution in [-0.4, -0.2) is 23.4 Å². The molecule has 0 aliphatic carbocycles. The molecule has 1 heterocycles. The third kappa shape index (κ3) is 2.30. The van der Waals surface area contributed by atoms with E-state index in [0.29, 0.717) is 16.7 Å². The Labute approximate surface area is 107 Å². The maximum absolute atomic E-state index is 12.8. The predicted octanol–water partition coefficient (Wildman–Crippen LogP) is 3.09. The van der Waals surface area contributed by atoms with Crippen LogP contribution in [0.4, 0.5) is 13.2 Å². The number of ether oxygens (including phenoxy) is 1. The maximum atomic E-state index is 12.8. The SMILES string of the molecule is Cc1ccc(C)c2c1C=C(C(=O)O)C(C(F)(F)F)O2. The van der Waals surface area contributed by atoms with Crippen molar-refractivity contribution in [3.63, 3.8) is 0 Å². The smallest absolute Gasteiger partial charge is 0.430 e. The van der Waals surface area contributed by atoms with Crippen molar-refractivity contribution < 1.29 is 27.8 Å². The largest absolute Gasteiger partial charge is 0.478 e. The van der Waals surface area contributed by atoms with Crippen molar-refractivity contribution in [3.05, 3.63) is 34.4 Å². The van der Waals surface area contributed by atoms with Crippen LogP contribution in [0.3, 0.4) is 0 Å². The van der Waals surface area contributed by atoms with Crippen LogP contribution >= 0.6 is 0 Å². The van der Waals surface area contributed by atoms with E-state index in [1.165, 1.54) is 0 Å². The third-order valence-corrected chi connectivity index (χ3v) is 2.97. The van der Waals surface area contributed by atoms with Gasteiger partial charge in [-0.3, -0.25) is 0 Å². The van der Waals surface area contributed by atoms with Gasteiger partial charge in [0, 0.05) is 5.56 Å². The van der Waals surface area contributed by atoms with Crippen molar-refractivity contribution in [2.75, 3.05) is 0 Å². The number of halogens is 3. The standard InChI is InChI=1S/C13H11F3O3/c1-6-3-4-7(2)10-8(6)5-9(12(17)18)11(19-10)13(14,15)16/h3-5,11H,1-2H3,(H,17,18). The average molecular weight is 272 g/mol. The minimum Gasteiger partial charge on any atom is -0.478 e. The summed E-state index contributed by atoms with van der Waals surface area (Å²) in [7, 11) is 0. The van der Waals surface area contributed by atoms with Crippen LogP contribution in [0.1, 0.15) is 16.7 Å². The molecule has 1 unspecified atom stereocenters. The molecule has 19 heavy (non-hydrogen) atoms. The van der Waals surface area contributed by atoms with Crippen molar-refractivity contribution in [2.24, 2.45) is 0 Å². The molecule has 102 valence electrons. The average Bonchev–Trinajstić information content (AvgIpc) is 2.31. The third-order valence-electron chi connectivity index (χ3n) is 2.97. The van der Waals surface area contributed by atoms with Crippen LogP contribution in [-0.2, 0) is 4.79 Å². The molecule has 2 rings (SSSR count). The van der Waals surface area contributed by atoms with Gasteiger partial charge in [0.05, 0.1) is 5.57 Å². The van der Waals surface area contributed by atoms with Gasteiger partial charge in [-0.1, -0.05) is 12.1 Å². The zero-order valence-electron chi connectivity index (χ0n) is 10.2. The number of alkyl halides is 3. The Bertz CT molecular complexity index is 573. The van der Waals surface area contributed by atoms with Gasteiger partial charge in [-0.25, -0.2) is 4.79 Å². The lowest BCUT2D eigenvalue weighted by Gasteiger charge is -2.28. The summed E-state index contributed by atoms with van der Waals surface area (Å²) in [5.74, 6) is -1.54. The van der Waals surface area contributed by atoms with Gasteiger partial charge in [0.2, 0.25) is 6.10 Å². The molecule has 3 nitrogen and oxygen atoms in total. The number of hydrogen-bond donors (Lipinski definition) is 1. The van der Waals surface area contributed by atoms with E-state index < -0.39 is 23.8 Å². The van der Waals surface area contributed by atoms with E-state index in [-0.39, 0.29) is 5.75 Å². The van der Waals surface area contributed by atoms with Crippen LogP contribution in [0.5, 0.6) is 5.75 Å². The molecular formula is C13H11F3O3. The molecule has 0 amide bonds. The van der Waals surface area contributed by atoms with Gasteiger partial charge in [0.1, 0.15) is 5.75 Å². The van der Waals surface area contributed by atoms with Crippen LogP contribution < -0.4 is 4.74 Å². The van der Waals surface area contributed by atoms with Crippen LogP contribution in [0.15, 0.2) is 17.7 Å². The van der Waals surface area contributed by atoms with Gasteiger partial charge in [-0.2, -0.15) is 13.2 Å². The molecule has 0 saturated carbocycles. The maximum Gasteiger partial charge on any atom is 0.430 e. The van der Waals surface area contributed by atoms with Crippen molar-refractivity contribution in [1.82, 2.24) is 0 Å². The van der Waals surface area contributed by atoms with Crippen LogP contribution in [0.25, 0.3) is 6.08 Å². The topological polar surface area (TPSA) is 46.5 Å². The highest BCUT2D eigenvalue weighted by Crippen LogP contribution is 2.40. The molecule has 0 radical (unpaired) electrons. The lowest BCUT2D eigenvalue weighted by Crippen LogP contribution is -2.40. The summed E-state index contributed by atoms with van der Waals surface area (Å²) >= 11 is 0. The lowest BCUT2D eigenvalue weighted by atomic mass is 9.96. The predicted molar refractivity (Wildman–Crippen MR) is 62.0 cm³/mol. The summed E-state index contributed by atoms with van der Waals surface area (Å²) in [4.78, 5) is 11.0. The number of carboxylic acids is 1. The van der Waals surface area contributed by atoms with E-state index >= 15 is 0 Å². The Balaban J connectivity index is 2.64. The van der Waals surface area contributed by atoms with Crippen molar-refractivity contribution in [3.8, 4) is 5.75 Å². The lowest BCUT2D eigenvalue weighted by molar-refractivity contribution is -0.187. The fourth-order valence-electron chi connectivity index (χ4n) is 1.97. The first-order valence-electron chi connectivity index (χ1n) is 5.50. The molecule has 0 bridgehead atoms. The molecule has 0 aromatic heterocycles. The first-order valence-corrected chi connectivity index (χ1v) is 5.50. The number of hydrogen-bond acceptors (Lipinski definition) is 2. The molecule has 1 atom stereocenters. The van der Waals surface area contributed by atoms with Gasteiger partial charge >= 0.3 is 12.1 Å². The molecule has 1 aromatic rings. The number of benzene rings is 1. The monoisotopic (exact) mass is 272 g/mol. The molecule has 1 N–H and O–H groups in total. The highest BCUT2D eigenvalue weighted by Gasteiger charge is 2.48. The quantitative estimate of drug-likeness (QED) is 0.854. The summed E-state index contributed by atoms with van der Waals surface area (Å²) in [5.41, 5.74) is 0.794. The van der Waals surface area contributed by atoms with Crippen LogP contribution in [0.2, 0.25) is 0 Å². The molecule has 0 saturated heterocycles. The fourth-order valence-corrected chi connectivity index (χ4v) is 1.97. The van der Waals surface area contributed by atoms with Crippen molar-refractivity contribution in [2.45, 2.75) is 26.1 Å². The number of carbonyl (C=O) groups is 1. The van der Waals surface area contributed by atoms with E-state index in [0.717, 1.165) is 6.08 Å². The van der Waals surface area contributed by atoms with E-state index in [9.17, 15) is 18.0 Å². The van der Waals surface area contributed by atoms with Gasteiger partial charge < -0.3 is 9.84 Å². The van der Waals surface area contributed by atoms with E-state index in [2.05, 4.69) is 0 Å². The second-order valence-electron chi connectivity index (χ2n) is 4.39. The number of fused-ring (bicyclic) bond motifs is 1. The Hall–Kier alpha value is -1.98. The second kappa shape index (κ2) is 4.29. The van der Waals surface area contributed by atoms with E-state index in [1.807, 2.05) is 0 Å². The highest BCUT2D eigenvalue weighted by molar-refractivity contribution is 5.95. The Morgan fingerprint density at radius 2 is 1.84 bits per heavy atom. The zero-order chi connectivity index (χ0) is 14.4. The first kappa shape index (κ1) is 13.5. The molecular weight excluding hydrogens is 261 g/mol. The summed E-state index contributed by atoms with van der Waals surface area (Å²) in [6.07, 6.45) is -6.15. The van der Waals surface area contributed by atoms with Gasteiger partial charge in [-0.15, -0.1) is 0 Å². The minimum absolute atomic E-state index is 0.0901. The molecule has 1 aliphatic rings. The molecule has 1 aromatic carbocycles. The molecule has 0 fully saturated rings. The molecule has 0 spiro atoms. The second-order valence-corrected chi connectivity index (χ2v) is 4.39. The zero-order valence-corrected chi connectivity index (χ0v) is 10.2. The first-order chi connectivity index (χ1) is 8.71. The van der Waals surface area contributed by atoms with Crippen LogP contribution in [0, 0.1) is 13.8 Å². The summed E-state index contributed by atoms with van der Waals surface area (Å²) in [6.45, 7) is 3.30.